The topological polar surface area (TPSA) is 67.1 Å². The number of likely N-dealkylation sites (N-methyl/N-ethyl adjacent to an activating group) is 1. The van der Waals surface area contributed by atoms with E-state index in [2.05, 4.69) is 33.5 Å². The molecule has 19 heavy (non-hydrogen) atoms. The molecule has 0 saturated heterocycles. The van der Waals surface area contributed by atoms with Gasteiger partial charge < -0.3 is 16.0 Å². The van der Waals surface area contributed by atoms with Crippen molar-refractivity contribution in [1.29, 1.82) is 0 Å². The van der Waals surface area contributed by atoms with Gasteiger partial charge in [-0.3, -0.25) is 4.98 Å². The highest BCUT2D eigenvalue weighted by Crippen LogP contribution is 2.35. The van der Waals surface area contributed by atoms with Gasteiger partial charge in [0, 0.05) is 31.0 Å². The number of nitrogen functional groups attached to an aromatic ring is 1. The molecular weight excluding hydrogens is 258 g/mol. The van der Waals surface area contributed by atoms with Crippen molar-refractivity contribution in [2.45, 2.75) is 6.92 Å². The first-order chi connectivity index (χ1) is 9.22. The molecule has 0 spiro atoms. The van der Waals surface area contributed by atoms with E-state index in [9.17, 15) is 0 Å². The molecule has 0 atom stereocenters. The van der Waals surface area contributed by atoms with Crippen LogP contribution in [-0.2, 0) is 0 Å². The van der Waals surface area contributed by atoms with E-state index < -0.39 is 0 Å². The molecule has 0 fully saturated rings. The van der Waals surface area contributed by atoms with Crippen LogP contribution < -0.4 is 11.1 Å². The van der Waals surface area contributed by atoms with Crippen LogP contribution >= 0.6 is 11.5 Å². The quantitative estimate of drug-likeness (QED) is 0.847. The average molecular weight is 277 g/mol. The Morgan fingerprint density at radius 1 is 1.47 bits per heavy atom. The second-order valence-corrected chi connectivity index (χ2v) is 5.11. The first kappa shape index (κ1) is 13.8. The van der Waals surface area contributed by atoms with Gasteiger partial charge in [0.2, 0.25) is 0 Å². The zero-order chi connectivity index (χ0) is 13.7. The largest absolute Gasteiger partial charge is 0.382 e. The zero-order valence-corrected chi connectivity index (χ0v) is 12.1. The second kappa shape index (κ2) is 6.49. The van der Waals surface area contributed by atoms with Gasteiger partial charge in [-0.2, -0.15) is 4.37 Å². The fraction of sp³-hybridized carbons (Fsp3) is 0.385. The van der Waals surface area contributed by atoms with Crippen molar-refractivity contribution in [3.05, 3.63) is 24.5 Å². The summed E-state index contributed by atoms with van der Waals surface area (Å²) in [6.07, 6.45) is 3.56. The highest BCUT2D eigenvalue weighted by molar-refractivity contribution is 7.11. The summed E-state index contributed by atoms with van der Waals surface area (Å²) >= 11 is 1.40. The third kappa shape index (κ3) is 3.42. The fourth-order valence-corrected chi connectivity index (χ4v) is 2.49. The Balaban J connectivity index is 2.10. The molecule has 0 aliphatic carbocycles. The predicted octanol–water partition coefficient (Wildman–Crippen LogP) is 2.15. The van der Waals surface area contributed by atoms with Crippen LogP contribution in [-0.4, -0.2) is 40.9 Å². The molecule has 0 unspecified atom stereocenters. The maximum Gasteiger partial charge on any atom is 0.147 e. The van der Waals surface area contributed by atoms with E-state index in [0.29, 0.717) is 5.82 Å². The Hall–Kier alpha value is -1.66. The monoisotopic (exact) mass is 277 g/mol. The number of hydrogen-bond acceptors (Lipinski definition) is 6. The van der Waals surface area contributed by atoms with Crippen molar-refractivity contribution >= 4 is 22.4 Å². The molecule has 2 aromatic rings. The predicted molar refractivity (Wildman–Crippen MR) is 81.4 cm³/mol. The number of aromatic nitrogens is 2. The summed E-state index contributed by atoms with van der Waals surface area (Å²) in [5.41, 5.74) is 7.91. The number of anilines is 2. The van der Waals surface area contributed by atoms with E-state index in [1.54, 1.807) is 6.20 Å². The van der Waals surface area contributed by atoms with Crippen molar-refractivity contribution in [3.8, 4) is 11.1 Å². The lowest BCUT2D eigenvalue weighted by atomic mass is 10.1. The third-order valence-corrected chi connectivity index (χ3v) is 3.81. The standard InChI is InChI=1S/C13H19N5S/c1-3-18(2)8-7-16-13-11(12(14)17-19-13)10-5-4-6-15-9-10/h4-6,9,16H,3,7-8H2,1-2H3,(H2,14,17). The fourth-order valence-electron chi connectivity index (χ4n) is 1.73. The minimum absolute atomic E-state index is 0.560. The number of nitrogens with one attached hydrogen (secondary N) is 1. The molecule has 0 saturated carbocycles. The van der Waals surface area contributed by atoms with Crippen LogP contribution in [0.1, 0.15) is 6.92 Å². The molecule has 3 N–H and O–H groups in total. The van der Waals surface area contributed by atoms with Crippen LogP contribution in [0.2, 0.25) is 0 Å². The van der Waals surface area contributed by atoms with E-state index >= 15 is 0 Å². The van der Waals surface area contributed by atoms with Crippen molar-refractivity contribution in [1.82, 2.24) is 14.3 Å². The number of nitrogens with zero attached hydrogens (tertiary/aromatic N) is 3. The second-order valence-electron chi connectivity index (χ2n) is 4.34. The maximum atomic E-state index is 5.95. The van der Waals surface area contributed by atoms with Gasteiger partial charge in [-0.05, 0) is 31.2 Å². The smallest absolute Gasteiger partial charge is 0.147 e. The van der Waals surface area contributed by atoms with Gasteiger partial charge in [0.1, 0.15) is 10.8 Å². The number of hydrogen-bond donors (Lipinski definition) is 2. The molecule has 0 radical (unpaired) electrons. The molecule has 0 aliphatic rings. The van der Waals surface area contributed by atoms with Crippen molar-refractivity contribution < 1.29 is 0 Å². The minimum Gasteiger partial charge on any atom is -0.382 e. The lowest BCUT2D eigenvalue weighted by Crippen LogP contribution is -2.24. The molecule has 2 rings (SSSR count). The van der Waals surface area contributed by atoms with Gasteiger partial charge in [0.15, 0.2) is 0 Å². The van der Waals surface area contributed by atoms with Crippen LogP contribution in [0.25, 0.3) is 11.1 Å². The first-order valence-corrected chi connectivity index (χ1v) is 7.07. The SMILES string of the molecule is CCN(C)CCNc1snc(N)c1-c1cccnc1. The van der Waals surface area contributed by atoms with E-state index in [1.165, 1.54) is 11.5 Å². The van der Waals surface area contributed by atoms with Crippen molar-refractivity contribution in [2.75, 3.05) is 37.7 Å². The zero-order valence-electron chi connectivity index (χ0n) is 11.3. The van der Waals surface area contributed by atoms with Gasteiger partial charge in [-0.1, -0.05) is 13.0 Å². The normalized spacial score (nSPS) is 10.9. The molecule has 0 aliphatic heterocycles. The Bertz CT molecular complexity index is 511. The summed E-state index contributed by atoms with van der Waals surface area (Å²) in [6, 6.07) is 3.90. The maximum absolute atomic E-state index is 5.95. The Kier molecular flexibility index (Phi) is 4.70. The van der Waals surface area contributed by atoms with Crippen LogP contribution in [0.3, 0.4) is 0 Å². The summed E-state index contributed by atoms with van der Waals surface area (Å²) in [5.74, 6) is 0.560. The Labute approximate surface area is 117 Å². The van der Waals surface area contributed by atoms with E-state index in [-0.39, 0.29) is 0 Å². The van der Waals surface area contributed by atoms with Crippen LogP contribution in [0, 0.1) is 0 Å². The summed E-state index contributed by atoms with van der Waals surface area (Å²) in [7, 11) is 2.10. The third-order valence-electron chi connectivity index (χ3n) is 2.99. The van der Waals surface area contributed by atoms with E-state index in [1.807, 2.05) is 18.3 Å². The van der Waals surface area contributed by atoms with Gasteiger partial charge in [0.25, 0.3) is 0 Å². The molecule has 2 aromatic heterocycles. The summed E-state index contributed by atoms with van der Waals surface area (Å²) in [6.45, 7) is 5.05. The highest BCUT2D eigenvalue weighted by atomic mass is 32.1. The summed E-state index contributed by atoms with van der Waals surface area (Å²) in [4.78, 5) is 6.38. The number of nitrogens with two attached hydrogens (primary N) is 1. The van der Waals surface area contributed by atoms with Crippen molar-refractivity contribution in [2.24, 2.45) is 0 Å². The lowest BCUT2D eigenvalue weighted by molar-refractivity contribution is 0.367. The van der Waals surface area contributed by atoms with Crippen LogP contribution in [0.4, 0.5) is 10.8 Å². The highest BCUT2D eigenvalue weighted by Gasteiger charge is 2.13. The molecule has 0 bridgehead atoms. The van der Waals surface area contributed by atoms with Gasteiger partial charge in [0.05, 0.1) is 5.56 Å². The summed E-state index contributed by atoms with van der Waals surface area (Å²) in [5, 5.41) is 4.41. The lowest BCUT2D eigenvalue weighted by Gasteiger charge is -2.14. The van der Waals surface area contributed by atoms with Gasteiger partial charge in [-0.25, -0.2) is 0 Å². The Morgan fingerprint density at radius 3 is 3.00 bits per heavy atom. The number of rotatable bonds is 6. The molecule has 5 nitrogen and oxygen atoms in total. The van der Waals surface area contributed by atoms with Crippen LogP contribution in [0.15, 0.2) is 24.5 Å². The molecular formula is C13H19N5S. The summed E-state index contributed by atoms with van der Waals surface area (Å²) < 4.78 is 4.23. The minimum atomic E-state index is 0.560. The molecule has 6 heteroatoms. The molecule has 0 aromatic carbocycles. The molecule has 0 amide bonds. The van der Waals surface area contributed by atoms with E-state index in [0.717, 1.165) is 35.8 Å². The van der Waals surface area contributed by atoms with E-state index in [4.69, 9.17) is 5.73 Å². The Morgan fingerprint density at radius 2 is 2.32 bits per heavy atom. The van der Waals surface area contributed by atoms with Crippen LogP contribution in [0.5, 0.6) is 0 Å². The molecule has 2 heterocycles. The van der Waals surface area contributed by atoms with Gasteiger partial charge in [-0.15, -0.1) is 0 Å². The average Bonchev–Trinajstić information content (AvgIpc) is 2.80. The first-order valence-electron chi connectivity index (χ1n) is 6.30. The number of pyridine rings is 1. The molecule has 102 valence electrons. The van der Waals surface area contributed by atoms with Crippen molar-refractivity contribution in [3.63, 3.8) is 0 Å². The van der Waals surface area contributed by atoms with Gasteiger partial charge >= 0.3 is 0 Å².